The molecule has 1 N–H and O–H groups in total. The zero-order chi connectivity index (χ0) is 19.6. The van der Waals surface area contributed by atoms with Crippen molar-refractivity contribution >= 4 is 11.8 Å². The predicted molar refractivity (Wildman–Crippen MR) is 108 cm³/mol. The number of amides is 2. The van der Waals surface area contributed by atoms with Crippen LogP contribution in [0.3, 0.4) is 0 Å². The van der Waals surface area contributed by atoms with Gasteiger partial charge in [-0.05, 0) is 73.8 Å². The summed E-state index contributed by atoms with van der Waals surface area (Å²) in [7, 11) is 1.75. The number of hydrogen-bond donors (Lipinski definition) is 1. The minimum absolute atomic E-state index is 0.0456. The van der Waals surface area contributed by atoms with Crippen molar-refractivity contribution in [2.24, 2.45) is 23.2 Å². The third-order valence-corrected chi connectivity index (χ3v) is 7.00. The first kappa shape index (κ1) is 19.3. The van der Waals surface area contributed by atoms with E-state index < -0.39 is 0 Å². The normalized spacial score (nSPS) is 30.1. The third kappa shape index (κ3) is 4.50. The van der Waals surface area contributed by atoms with Crippen LogP contribution in [0.2, 0.25) is 0 Å². The van der Waals surface area contributed by atoms with Gasteiger partial charge in [-0.15, -0.1) is 0 Å². The highest BCUT2D eigenvalue weighted by Gasteiger charge is 2.51. The Morgan fingerprint density at radius 2 is 1.68 bits per heavy atom. The van der Waals surface area contributed by atoms with Crippen LogP contribution in [0.15, 0.2) is 30.3 Å². The Hall–Kier alpha value is -2.04. The molecule has 0 aromatic heterocycles. The molecule has 4 aliphatic carbocycles. The van der Waals surface area contributed by atoms with Gasteiger partial charge in [0.2, 0.25) is 11.8 Å². The minimum Gasteiger partial charge on any atom is -0.492 e. The van der Waals surface area contributed by atoms with Crippen LogP contribution in [0, 0.1) is 23.2 Å². The van der Waals surface area contributed by atoms with Gasteiger partial charge in [0.15, 0.2) is 0 Å². The first-order valence-corrected chi connectivity index (χ1v) is 10.7. The highest BCUT2D eigenvalue weighted by molar-refractivity contribution is 5.84. The number of benzene rings is 1. The number of likely N-dealkylation sites (N-methyl/N-ethyl adjacent to an activating group) is 1. The molecule has 1 aromatic rings. The van der Waals surface area contributed by atoms with E-state index in [0.29, 0.717) is 19.6 Å². The van der Waals surface area contributed by atoms with Gasteiger partial charge in [0.25, 0.3) is 0 Å². The molecule has 152 valence electrons. The maximum absolute atomic E-state index is 12.5. The van der Waals surface area contributed by atoms with E-state index in [1.54, 1.807) is 11.9 Å². The van der Waals surface area contributed by atoms with Crippen molar-refractivity contribution < 1.29 is 14.3 Å². The van der Waals surface area contributed by atoms with E-state index in [9.17, 15) is 9.59 Å². The van der Waals surface area contributed by atoms with Crippen molar-refractivity contribution in [3.05, 3.63) is 30.3 Å². The molecule has 5 rings (SSSR count). The van der Waals surface area contributed by atoms with Gasteiger partial charge in [-0.3, -0.25) is 9.59 Å². The lowest BCUT2D eigenvalue weighted by Crippen LogP contribution is -2.48. The molecular formula is C23H32N2O3. The van der Waals surface area contributed by atoms with Gasteiger partial charge in [-0.1, -0.05) is 18.2 Å². The summed E-state index contributed by atoms with van der Waals surface area (Å²) in [5, 5.41) is 2.88. The molecule has 4 saturated carbocycles. The van der Waals surface area contributed by atoms with E-state index in [0.717, 1.165) is 23.5 Å². The molecule has 5 heteroatoms. The van der Waals surface area contributed by atoms with Crippen LogP contribution in [0.1, 0.15) is 44.9 Å². The summed E-state index contributed by atoms with van der Waals surface area (Å²) in [5.41, 5.74) is 0.220. The van der Waals surface area contributed by atoms with Crippen LogP contribution in [0.5, 0.6) is 5.75 Å². The number of para-hydroxylation sites is 1. The fraction of sp³-hybridized carbons (Fsp3) is 0.652. The Balaban J connectivity index is 1.17. The second-order valence-corrected chi connectivity index (χ2v) is 9.35. The van der Waals surface area contributed by atoms with E-state index in [2.05, 4.69) is 5.32 Å². The van der Waals surface area contributed by atoms with E-state index in [-0.39, 0.29) is 23.8 Å². The molecule has 0 radical (unpaired) electrons. The first-order valence-electron chi connectivity index (χ1n) is 10.7. The summed E-state index contributed by atoms with van der Waals surface area (Å²) in [6.45, 7) is 1.01. The molecule has 0 spiro atoms. The fourth-order valence-electron chi connectivity index (χ4n) is 6.16. The van der Waals surface area contributed by atoms with Crippen LogP contribution in [0.25, 0.3) is 0 Å². The van der Waals surface area contributed by atoms with Gasteiger partial charge >= 0.3 is 0 Å². The molecule has 2 amide bonds. The number of hydrogen-bond acceptors (Lipinski definition) is 3. The smallest absolute Gasteiger partial charge is 0.241 e. The molecule has 0 unspecified atom stereocenters. The Morgan fingerprint density at radius 3 is 2.29 bits per heavy atom. The molecule has 0 aliphatic heterocycles. The average molecular weight is 385 g/mol. The summed E-state index contributed by atoms with van der Waals surface area (Å²) in [4.78, 5) is 26.5. The quantitative estimate of drug-likeness (QED) is 0.748. The number of carbonyl (C=O) groups excluding carboxylic acids is 2. The van der Waals surface area contributed by atoms with E-state index in [4.69, 9.17) is 4.74 Å². The van der Waals surface area contributed by atoms with Gasteiger partial charge in [0.1, 0.15) is 12.4 Å². The SMILES string of the molecule is CN(CCOc1ccccc1)C(=O)CNC(=O)CC12CC3CC(CC(C3)C1)C2. The van der Waals surface area contributed by atoms with Gasteiger partial charge < -0.3 is 15.0 Å². The molecular weight excluding hydrogens is 352 g/mol. The Labute approximate surface area is 167 Å². The van der Waals surface area contributed by atoms with Gasteiger partial charge in [0.05, 0.1) is 13.1 Å². The van der Waals surface area contributed by atoms with Gasteiger partial charge in [0, 0.05) is 13.5 Å². The first-order chi connectivity index (χ1) is 13.5. The number of rotatable bonds is 8. The summed E-state index contributed by atoms with van der Waals surface area (Å²) in [6, 6.07) is 9.57. The highest BCUT2D eigenvalue weighted by atomic mass is 16.5. The molecule has 4 fully saturated rings. The Bertz CT molecular complexity index is 668. The van der Waals surface area contributed by atoms with Crippen LogP contribution < -0.4 is 10.1 Å². The molecule has 5 nitrogen and oxygen atoms in total. The number of ether oxygens (including phenoxy) is 1. The zero-order valence-corrected chi connectivity index (χ0v) is 16.9. The van der Waals surface area contributed by atoms with Crippen molar-refractivity contribution in [2.75, 3.05) is 26.7 Å². The number of nitrogens with zero attached hydrogens (tertiary/aromatic N) is 1. The Kier molecular flexibility index (Phi) is 5.61. The zero-order valence-electron chi connectivity index (χ0n) is 16.9. The minimum atomic E-state index is -0.0736. The molecule has 4 bridgehead atoms. The van der Waals surface area contributed by atoms with Crippen molar-refractivity contribution in [2.45, 2.75) is 44.9 Å². The predicted octanol–water partition coefficient (Wildman–Crippen LogP) is 3.25. The molecule has 28 heavy (non-hydrogen) atoms. The average Bonchev–Trinajstić information content (AvgIpc) is 2.65. The summed E-state index contributed by atoms with van der Waals surface area (Å²) >= 11 is 0. The second kappa shape index (κ2) is 8.14. The monoisotopic (exact) mass is 384 g/mol. The summed E-state index contributed by atoms with van der Waals surface area (Å²) in [5.74, 6) is 3.30. The van der Waals surface area contributed by atoms with E-state index in [1.165, 1.54) is 38.5 Å². The van der Waals surface area contributed by atoms with Gasteiger partial charge in [-0.25, -0.2) is 0 Å². The largest absolute Gasteiger partial charge is 0.492 e. The summed E-state index contributed by atoms with van der Waals surface area (Å²) < 4.78 is 5.63. The topological polar surface area (TPSA) is 58.6 Å². The maximum atomic E-state index is 12.5. The van der Waals surface area contributed by atoms with Crippen LogP contribution in [-0.2, 0) is 9.59 Å². The Morgan fingerprint density at radius 1 is 1.07 bits per heavy atom. The van der Waals surface area contributed by atoms with E-state index >= 15 is 0 Å². The number of nitrogens with one attached hydrogen (secondary N) is 1. The van der Waals surface area contributed by atoms with Crippen molar-refractivity contribution in [1.29, 1.82) is 0 Å². The van der Waals surface area contributed by atoms with Crippen LogP contribution >= 0.6 is 0 Å². The number of carbonyl (C=O) groups is 2. The lowest BCUT2D eigenvalue weighted by molar-refractivity contribution is -0.135. The van der Waals surface area contributed by atoms with Crippen molar-refractivity contribution in [3.8, 4) is 5.75 Å². The maximum Gasteiger partial charge on any atom is 0.241 e. The van der Waals surface area contributed by atoms with Crippen molar-refractivity contribution in [3.63, 3.8) is 0 Å². The highest BCUT2D eigenvalue weighted by Crippen LogP contribution is 2.61. The van der Waals surface area contributed by atoms with Crippen molar-refractivity contribution in [1.82, 2.24) is 10.2 Å². The molecule has 1 aromatic carbocycles. The standard InChI is InChI=1S/C23H32N2O3/c1-25(7-8-28-20-5-3-2-4-6-20)22(27)16-24-21(26)15-23-12-17-9-18(13-23)11-19(10-17)14-23/h2-6,17-19H,7-16H2,1H3,(H,24,26). The fourth-order valence-corrected chi connectivity index (χ4v) is 6.16. The van der Waals surface area contributed by atoms with Gasteiger partial charge in [-0.2, -0.15) is 0 Å². The lowest BCUT2D eigenvalue weighted by Gasteiger charge is -2.56. The lowest BCUT2D eigenvalue weighted by atomic mass is 9.49. The molecule has 0 atom stereocenters. The van der Waals surface area contributed by atoms with Crippen LogP contribution in [0.4, 0.5) is 0 Å². The summed E-state index contributed by atoms with van der Waals surface area (Å²) in [6.07, 6.45) is 8.41. The molecule has 4 aliphatic rings. The van der Waals surface area contributed by atoms with E-state index in [1.807, 2.05) is 30.3 Å². The second-order valence-electron chi connectivity index (χ2n) is 9.35. The molecule has 0 heterocycles. The van der Waals surface area contributed by atoms with Crippen LogP contribution in [-0.4, -0.2) is 43.5 Å². The third-order valence-electron chi connectivity index (χ3n) is 7.00. The molecule has 0 saturated heterocycles.